The van der Waals surface area contributed by atoms with Crippen LogP contribution in [0.5, 0.6) is 0 Å². The van der Waals surface area contributed by atoms with E-state index >= 15 is 0 Å². The third-order valence-electron chi connectivity index (χ3n) is 17.1. The van der Waals surface area contributed by atoms with Crippen molar-refractivity contribution in [3.63, 3.8) is 0 Å². The summed E-state index contributed by atoms with van der Waals surface area (Å²) in [5.41, 5.74) is -0.470. The van der Waals surface area contributed by atoms with Crippen LogP contribution in [0, 0.1) is 27.6 Å². The Labute approximate surface area is 587 Å². The standard InChI is InChI=1S/C63H115N3O22Si9/c1-48(2)56(71)82-33-28-55(70)85-44-54(69)66-51-41-61(7,8)46-63(10,42-51)53(68)27-19-17-18-22-30-80-31-24-38-96(13,14)88-97(15,16)94(79)93(78)92(77)91(76)90(75)89-87-95(11,12)37-23-32-81-35-36-84-59(74)65-47-62(9)40-50(39-60(5,6)45-62)25-20-21-26-52(67)43-86-58(73)64-29-34-83-57(72)49(3)4/h50-51H,1,3,17-47,89H2,2,4-16H3,(H,64,73)(H,65,74)(H,66,69). The largest absolute Gasteiger partial charge is 0.462 e. The minimum Gasteiger partial charge on any atom is -0.462 e. The van der Waals surface area contributed by atoms with Gasteiger partial charge in [0, 0.05) is 61.8 Å². The quantitative estimate of drug-likeness (QED) is 0.0169. The Kier molecular flexibility index (Phi) is 39.6. The maximum Gasteiger partial charge on any atom is 0.407 e. The second-order valence-corrected chi connectivity index (χ2v) is 74.1. The predicted molar refractivity (Wildman–Crippen MR) is 380 cm³/mol. The molecular weight excluding hydrogens is 1400 g/mol. The zero-order valence-corrected chi connectivity index (χ0v) is 70.1. The van der Waals surface area contributed by atoms with Gasteiger partial charge in [0.15, 0.2) is 35.6 Å². The highest BCUT2D eigenvalue weighted by atomic mass is 30.0. The van der Waals surface area contributed by atoms with Crippen molar-refractivity contribution in [3.05, 3.63) is 24.3 Å². The molecule has 0 radical (unpaired) electrons. The minimum absolute atomic E-state index is 0.0408. The third kappa shape index (κ3) is 37.5. The van der Waals surface area contributed by atoms with E-state index in [9.17, 15) is 60.7 Å². The number of esters is 3. The molecule has 4 unspecified atom stereocenters. The van der Waals surface area contributed by atoms with Gasteiger partial charge in [0.05, 0.1) is 19.6 Å². The fourth-order valence-corrected chi connectivity index (χ4v) is 94.9. The van der Waals surface area contributed by atoms with Crippen LogP contribution in [0.4, 0.5) is 9.59 Å². The number of carbonyl (C=O) groups is 8. The van der Waals surface area contributed by atoms with E-state index in [4.69, 9.17) is 41.4 Å². The fourth-order valence-electron chi connectivity index (χ4n) is 13.1. The fraction of sp³-hybridized carbons (Fsp3) is 0.810. The van der Waals surface area contributed by atoms with Crippen LogP contribution in [0.2, 0.25) is 51.4 Å². The SMILES string of the molecule is C=C(C)C(=O)OCCNC(=O)OCC(=O)CCCCC1CC(C)(C)CC(C)(CNC(=O)OCCOCCC[Si](C)(C)O[SiH2][Si](=O)[Si](=O)[Si](=O)[Si](=O)[Si](=O)[Si](C)(C)O[Si](C)(C)CCCOCCCCCCC(=O)C2(C)CC(NC(=O)COC(=O)CCOC(=O)C(=C)C)CC(C)(C)C2)C1. The number of hydrogen-bond donors (Lipinski definition) is 3. The van der Waals surface area contributed by atoms with Crippen molar-refractivity contribution >= 4 is 120 Å². The first-order valence-corrected chi connectivity index (χ1v) is 58.3. The number of unbranched alkanes of at least 4 members (excludes halogenated alkanes) is 4. The van der Waals surface area contributed by atoms with Crippen LogP contribution in [0.3, 0.4) is 0 Å². The number of nitrogens with one attached hydrogen (secondary N) is 3. The number of carbonyl (C=O) groups excluding carboxylic acids is 8. The average molecular weight is 1520 g/mol. The molecule has 2 saturated carbocycles. The molecule has 0 aliphatic heterocycles. The molecule has 3 amide bonds. The molecule has 3 N–H and O–H groups in total. The lowest BCUT2D eigenvalue weighted by Crippen LogP contribution is -2.59. The molecule has 0 aromatic rings. The summed E-state index contributed by atoms with van der Waals surface area (Å²) < 4.78 is 117. The molecule has 34 heteroatoms. The molecule has 97 heavy (non-hydrogen) atoms. The van der Waals surface area contributed by atoms with Crippen LogP contribution < -0.4 is 16.0 Å². The van der Waals surface area contributed by atoms with Gasteiger partial charge >= 0.3 is 68.7 Å². The molecule has 2 aliphatic carbocycles. The third-order valence-corrected chi connectivity index (χ3v) is 77.1. The number of alkyl carbamates (subject to hydrolysis) is 2. The number of hydrogen-bond acceptors (Lipinski definition) is 22. The molecule has 0 aromatic carbocycles. The Balaban J connectivity index is 1.62. The van der Waals surface area contributed by atoms with Gasteiger partial charge in [0.2, 0.25) is 17.1 Å². The predicted octanol–water partition coefficient (Wildman–Crippen LogP) is 8.34. The Hall–Kier alpha value is -3.97. The van der Waals surface area contributed by atoms with Crippen LogP contribution in [-0.4, -0.2) is 199 Å². The molecule has 0 saturated heterocycles. The Bertz CT molecular complexity index is 2790. The topological polar surface area (TPSA) is 341 Å². The Morgan fingerprint density at radius 2 is 1.12 bits per heavy atom. The first-order valence-electron chi connectivity index (χ1n) is 34.2. The Morgan fingerprint density at radius 3 is 1.77 bits per heavy atom. The second kappa shape index (κ2) is 43.1. The molecule has 2 fully saturated rings. The Morgan fingerprint density at radius 1 is 0.546 bits per heavy atom. The van der Waals surface area contributed by atoms with Crippen LogP contribution in [-0.2, 0) is 92.5 Å². The van der Waals surface area contributed by atoms with E-state index in [2.05, 4.69) is 63.7 Å². The van der Waals surface area contributed by atoms with Gasteiger partial charge in [0.1, 0.15) is 25.6 Å². The number of amides is 3. The summed E-state index contributed by atoms with van der Waals surface area (Å²) in [4.78, 5) is 98.4. The smallest absolute Gasteiger partial charge is 0.407 e. The number of Topliss-reactive ketones (excluding diaryl/α,β-unsaturated/α-hetero) is 2. The minimum atomic E-state index is -3.39. The lowest BCUT2D eigenvalue weighted by Gasteiger charge is -2.47. The van der Waals surface area contributed by atoms with E-state index in [1.807, 2.05) is 33.1 Å². The normalized spacial score (nSPS) is 19.2. The second-order valence-electron chi connectivity index (χ2n) is 30.2. The number of rotatable bonds is 49. The zero-order valence-electron chi connectivity index (χ0n) is 60.7. The van der Waals surface area contributed by atoms with E-state index in [1.54, 1.807) is 13.1 Å². The lowest BCUT2D eigenvalue weighted by molar-refractivity contribution is -0.151. The van der Waals surface area contributed by atoms with Crippen molar-refractivity contribution in [1.29, 1.82) is 0 Å². The molecule has 2 aliphatic rings. The maximum absolute atomic E-state index is 13.8. The highest BCUT2D eigenvalue weighted by Crippen LogP contribution is 2.50. The van der Waals surface area contributed by atoms with Gasteiger partial charge in [-0.3, -0.25) is 19.2 Å². The first kappa shape index (κ1) is 89.1. The van der Waals surface area contributed by atoms with Gasteiger partial charge in [-0.1, -0.05) is 80.4 Å². The highest BCUT2D eigenvalue weighted by molar-refractivity contribution is 7.71. The molecule has 550 valence electrons. The molecule has 0 aromatic heterocycles. The van der Waals surface area contributed by atoms with Crippen molar-refractivity contribution in [2.45, 2.75) is 228 Å². The van der Waals surface area contributed by atoms with Crippen LogP contribution in [0.25, 0.3) is 0 Å². The highest BCUT2D eigenvalue weighted by Gasteiger charge is 2.51. The van der Waals surface area contributed by atoms with Gasteiger partial charge in [-0.05, 0) is 158 Å². The average Bonchev–Trinajstić information content (AvgIpc) is 0.804. The maximum atomic E-state index is 13.8. The van der Waals surface area contributed by atoms with Gasteiger partial charge in [-0.25, -0.2) is 19.2 Å². The van der Waals surface area contributed by atoms with Crippen molar-refractivity contribution < 1.29 is 102 Å². The number of ketones is 2. The van der Waals surface area contributed by atoms with E-state index < -0.39 is 120 Å². The molecule has 25 nitrogen and oxygen atoms in total. The lowest BCUT2D eigenvalue weighted by atomic mass is 9.60. The monoisotopic (exact) mass is 1520 g/mol. The molecular formula is C63H115N3O22Si9. The van der Waals surface area contributed by atoms with E-state index in [0.717, 1.165) is 57.8 Å². The van der Waals surface area contributed by atoms with Gasteiger partial charge in [-0.15, -0.1) is 0 Å². The van der Waals surface area contributed by atoms with E-state index in [-0.39, 0.29) is 97.4 Å². The van der Waals surface area contributed by atoms with Gasteiger partial charge in [-0.2, -0.15) is 0 Å². The zero-order chi connectivity index (χ0) is 73.4. The summed E-state index contributed by atoms with van der Waals surface area (Å²) in [5.74, 6) is -1.91. The van der Waals surface area contributed by atoms with Crippen LogP contribution in [0.1, 0.15) is 171 Å². The van der Waals surface area contributed by atoms with Gasteiger partial charge in [0.25, 0.3) is 5.91 Å². The molecule has 4 atom stereocenters. The molecule has 0 bridgehead atoms. The molecule has 2 rings (SSSR count). The van der Waals surface area contributed by atoms with Crippen molar-refractivity contribution in [3.8, 4) is 0 Å². The summed E-state index contributed by atoms with van der Waals surface area (Å²) in [6.45, 7) is 35.1. The summed E-state index contributed by atoms with van der Waals surface area (Å²) in [6, 6.07) is 1.05. The van der Waals surface area contributed by atoms with E-state index in [1.165, 1.54) is 13.8 Å². The van der Waals surface area contributed by atoms with Crippen molar-refractivity contribution in [1.82, 2.24) is 16.0 Å². The summed E-state index contributed by atoms with van der Waals surface area (Å²) >= 11 is 0. The van der Waals surface area contributed by atoms with Crippen LogP contribution in [0.15, 0.2) is 24.3 Å². The van der Waals surface area contributed by atoms with Gasteiger partial charge < -0.3 is 79.6 Å². The van der Waals surface area contributed by atoms with Crippen LogP contribution >= 0.6 is 0 Å². The molecule has 0 spiro atoms. The summed E-state index contributed by atoms with van der Waals surface area (Å²) in [7, 11) is -25.8. The first-order chi connectivity index (χ1) is 45.0. The van der Waals surface area contributed by atoms with E-state index in [0.29, 0.717) is 89.3 Å². The summed E-state index contributed by atoms with van der Waals surface area (Å²) in [6.07, 6.45) is 11.0. The van der Waals surface area contributed by atoms with Crippen molar-refractivity contribution in [2.75, 3.05) is 72.6 Å². The van der Waals surface area contributed by atoms with Crippen molar-refractivity contribution in [2.24, 2.45) is 27.6 Å². The number of ether oxygens (including phenoxy) is 7. The molecule has 0 heterocycles. The summed E-state index contributed by atoms with van der Waals surface area (Å²) in [5, 5.41) is 8.32.